The molecule has 0 fully saturated rings. The summed E-state index contributed by atoms with van der Waals surface area (Å²) in [6, 6.07) is 7.49. The minimum atomic E-state index is 0.520. The van der Waals surface area contributed by atoms with Crippen LogP contribution in [0.2, 0.25) is 0 Å². The van der Waals surface area contributed by atoms with Gasteiger partial charge >= 0.3 is 0 Å². The third kappa shape index (κ3) is 3.12. The van der Waals surface area contributed by atoms with Crippen LogP contribution in [0.15, 0.2) is 35.7 Å². The number of benzene rings is 1. The molecular weight excluding hydrogens is 308 g/mol. The lowest BCUT2D eigenvalue weighted by molar-refractivity contribution is 0.394. The molecule has 8 nitrogen and oxygen atoms in total. The fraction of sp³-hybridized carbons (Fsp3) is 0.250. The van der Waals surface area contributed by atoms with Crippen molar-refractivity contribution in [3.05, 3.63) is 47.5 Å². The van der Waals surface area contributed by atoms with Gasteiger partial charge in [-0.2, -0.15) is 14.9 Å². The van der Waals surface area contributed by atoms with Crippen LogP contribution in [0.3, 0.4) is 0 Å². The molecule has 2 heterocycles. The minimum absolute atomic E-state index is 0.520. The van der Waals surface area contributed by atoms with Crippen molar-refractivity contribution in [2.45, 2.75) is 13.8 Å². The van der Waals surface area contributed by atoms with E-state index in [4.69, 9.17) is 9.47 Å². The molecule has 3 aromatic rings. The van der Waals surface area contributed by atoms with Gasteiger partial charge in [0.25, 0.3) is 5.95 Å². The second-order valence-corrected chi connectivity index (χ2v) is 5.20. The number of ether oxygens (including phenoxy) is 2. The van der Waals surface area contributed by atoms with Crippen molar-refractivity contribution >= 4 is 6.21 Å². The van der Waals surface area contributed by atoms with Gasteiger partial charge in [-0.15, -0.1) is 10.2 Å². The highest BCUT2D eigenvalue weighted by Crippen LogP contribution is 2.21. The van der Waals surface area contributed by atoms with Crippen LogP contribution >= 0.6 is 0 Å². The molecule has 0 aliphatic rings. The van der Waals surface area contributed by atoms with E-state index >= 15 is 0 Å². The summed E-state index contributed by atoms with van der Waals surface area (Å²) in [7, 11) is 3.22. The van der Waals surface area contributed by atoms with Crippen molar-refractivity contribution in [2.24, 2.45) is 5.10 Å². The summed E-state index contributed by atoms with van der Waals surface area (Å²) < 4.78 is 13.8. The Bertz CT molecular complexity index is 858. The highest BCUT2D eigenvalue weighted by molar-refractivity contribution is 5.81. The summed E-state index contributed by atoms with van der Waals surface area (Å²) in [5.41, 5.74) is 2.70. The first-order chi connectivity index (χ1) is 11.6. The Morgan fingerprint density at radius 3 is 2.33 bits per heavy atom. The van der Waals surface area contributed by atoms with Crippen molar-refractivity contribution in [2.75, 3.05) is 14.2 Å². The summed E-state index contributed by atoms with van der Waals surface area (Å²) in [5.74, 6) is 1.91. The molecule has 24 heavy (non-hydrogen) atoms. The zero-order valence-electron chi connectivity index (χ0n) is 14.0. The molecule has 3 rings (SSSR count). The topological polar surface area (TPSA) is 79.4 Å². The van der Waals surface area contributed by atoms with E-state index in [1.165, 1.54) is 6.33 Å². The normalized spacial score (nSPS) is 11.2. The Morgan fingerprint density at radius 2 is 1.75 bits per heavy atom. The Hall–Kier alpha value is -3.16. The van der Waals surface area contributed by atoms with E-state index in [0.717, 1.165) is 17.0 Å². The molecule has 2 aromatic heterocycles. The summed E-state index contributed by atoms with van der Waals surface area (Å²) in [4.78, 5) is 0. The van der Waals surface area contributed by atoms with Crippen molar-refractivity contribution in [1.82, 2.24) is 24.7 Å². The zero-order chi connectivity index (χ0) is 17.1. The first-order valence-corrected chi connectivity index (χ1v) is 7.32. The Morgan fingerprint density at radius 1 is 1.04 bits per heavy atom. The van der Waals surface area contributed by atoms with Gasteiger partial charge in [-0.05, 0) is 32.0 Å². The molecule has 0 spiro atoms. The summed E-state index contributed by atoms with van der Waals surface area (Å²) in [6.45, 7) is 3.88. The van der Waals surface area contributed by atoms with E-state index in [0.29, 0.717) is 17.4 Å². The molecule has 1 aromatic carbocycles. The largest absolute Gasteiger partial charge is 0.497 e. The predicted molar refractivity (Wildman–Crippen MR) is 89.2 cm³/mol. The number of methoxy groups -OCH3 is 2. The predicted octanol–water partition coefficient (Wildman–Crippen LogP) is 1.98. The molecule has 0 aliphatic heterocycles. The van der Waals surface area contributed by atoms with Crippen molar-refractivity contribution in [1.29, 1.82) is 0 Å². The monoisotopic (exact) mass is 326 g/mol. The van der Waals surface area contributed by atoms with Crippen LogP contribution in [0.5, 0.6) is 11.5 Å². The summed E-state index contributed by atoms with van der Waals surface area (Å²) in [6.07, 6.45) is 3.21. The average Bonchev–Trinajstić information content (AvgIpc) is 3.17. The van der Waals surface area contributed by atoms with E-state index in [1.807, 2.05) is 32.0 Å². The quantitative estimate of drug-likeness (QED) is 0.670. The van der Waals surface area contributed by atoms with Crippen LogP contribution in [-0.2, 0) is 0 Å². The molecule has 0 atom stereocenters. The summed E-state index contributed by atoms with van der Waals surface area (Å²) >= 11 is 0. The van der Waals surface area contributed by atoms with E-state index in [1.54, 1.807) is 35.9 Å². The molecule has 0 aliphatic carbocycles. The fourth-order valence-electron chi connectivity index (χ4n) is 2.31. The van der Waals surface area contributed by atoms with Crippen LogP contribution in [0.4, 0.5) is 0 Å². The first kappa shape index (κ1) is 15.7. The van der Waals surface area contributed by atoms with Crippen LogP contribution in [-0.4, -0.2) is 45.1 Å². The molecule has 124 valence electrons. The Balaban J connectivity index is 1.94. The van der Waals surface area contributed by atoms with Crippen molar-refractivity contribution in [3.8, 4) is 17.4 Å². The second kappa shape index (κ2) is 6.53. The van der Waals surface area contributed by atoms with Gasteiger partial charge in [0.2, 0.25) is 0 Å². The molecular formula is C16H18N6O2. The van der Waals surface area contributed by atoms with Crippen LogP contribution in [0.1, 0.15) is 17.0 Å². The standard InChI is InChI=1S/C16H18N6O2/c1-11-5-12(2)22(20-11)16-19-17-10-21(16)18-9-13-6-14(23-3)8-15(7-13)24-4/h5-10H,1-4H3/b18-9-. The lowest BCUT2D eigenvalue weighted by Crippen LogP contribution is -2.06. The lowest BCUT2D eigenvalue weighted by atomic mass is 10.2. The van der Waals surface area contributed by atoms with Gasteiger partial charge in [0, 0.05) is 17.3 Å². The number of aromatic nitrogens is 5. The van der Waals surface area contributed by atoms with Crippen LogP contribution in [0, 0.1) is 13.8 Å². The van der Waals surface area contributed by atoms with Gasteiger partial charge in [0.1, 0.15) is 17.8 Å². The van der Waals surface area contributed by atoms with Crippen molar-refractivity contribution < 1.29 is 9.47 Å². The maximum absolute atomic E-state index is 5.26. The Kier molecular flexibility index (Phi) is 4.28. The Labute approximate surface area is 139 Å². The molecule has 8 heteroatoms. The van der Waals surface area contributed by atoms with Crippen LogP contribution < -0.4 is 9.47 Å². The van der Waals surface area contributed by atoms with Gasteiger partial charge < -0.3 is 9.47 Å². The van der Waals surface area contributed by atoms with E-state index in [9.17, 15) is 0 Å². The third-order valence-electron chi connectivity index (χ3n) is 3.42. The van der Waals surface area contributed by atoms with Crippen LogP contribution in [0.25, 0.3) is 5.95 Å². The van der Waals surface area contributed by atoms with E-state index in [-0.39, 0.29) is 0 Å². The average molecular weight is 326 g/mol. The highest BCUT2D eigenvalue weighted by Gasteiger charge is 2.10. The molecule has 0 saturated heterocycles. The van der Waals surface area contributed by atoms with Crippen molar-refractivity contribution in [3.63, 3.8) is 0 Å². The molecule has 0 amide bonds. The fourth-order valence-corrected chi connectivity index (χ4v) is 2.31. The molecule has 0 N–H and O–H groups in total. The van der Waals surface area contributed by atoms with Gasteiger partial charge in [0.05, 0.1) is 26.1 Å². The number of rotatable bonds is 5. The van der Waals surface area contributed by atoms with Gasteiger partial charge in [0.15, 0.2) is 0 Å². The highest BCUT2D eigenvalue weighted by atomic mass is 16.5. The maximum Gasteiger partial charge on any atom is 0.273 e. The smallest absolute Gasteiger partial charge is 0.273 e. The first-order valence-electron chi connectivity index (χ1n) is 7.32. The van der Waals surface area contributed by atoms with E-state index < -0.39 is 0 Å². The molecule has 0 radical (unpaired) electrons. The lowest BCUT2D eigenvalue weighted by Gasteiger charge is -2.06. The zero-order valence-corrected chi connectivity index (χ0v) is 14.0. The van der Waals surface area contributed by atoms with Gasteiger partial charge in [-0.1, -0.05) is 0 Å². The minimum Gasteiger partial charge on any atom is -0.497 e. The molecule has 0 saturated carbocycles. The maximum atomic E-state index is 5.26. The number of hydrogen-bond acceptors (Lipinski definition) is 6. The van der Waals surface area contributed by atoms with E-state index in [2.05, 4.69) is 20.4 Å². The SMILES string of the molecule is COc1cc(/C=N\n2cnnc2-n2nc(C)cc2C)cc(OC)c1. The van der Waals surface area contributed by atoms with Gasteiger partial charge in [-0.25, -0.2) is 4.68 Å². The number of aryl methyl sites for hydroxylation is 2. The molecule has 0 unspecified atom stereocenters. The second-order valence-electron chi connectivity index (χ2n) is 5.20. The number of nitrogens with zero attached hydrogens (tertiary/aromatic N) is 6. The summed E-state index contributed by atoms with van der Waals surface area (Å²) in [5, 5.41) is 16.8. The number of hydrogen-bond donors (Lipinski definition) is 0. The van der Waals surface area contributed by atoms with Gasteiger partial charge in [-0.3, -0.25) is 0 Å². The molecule has 0 bridgehead atoms. The third-order valence-corrected chi connectivity index (χ3v) is 3.42.